The number of benzene rings is 2. The fraction of sp³-hybridized carbons (Fsp3) is 0.263. The molecule has 3 aromatic rings. The smallest absolute Gasteiger partial charge is 0.269 e. The van der Waals surface area contributed by atoms with E-state index in [1.165, 1.54) is 36.4 Å². The lowest BCUT2D eigenvalue weighted by Crippen LogP contribution is -2.48. The van der Waals surface area contributed by atoms with Crippen LogP contribution in [0, 0.1) is 15.9 Å². The van der Waals surface area contributed by atoms with E-state index in [1.54, 1.807) is 21.7 Å². The number of tetrazole rings is 1. The normalized spacial score (nSPS) is 14.6. The van der Waals surface area contributed by atoms with Gasteiger partial charge in [0.05, 0.1) is 17.2 Å². The van der Waals surface area contributed by atoms with Gasteiger partial charge < -0.3 is 4.90 Å². The first-order valence-electron chi connectivity index (χ1n) is 9.30. The van der Waals surface area contributed by atoms with Crippen molar-refractivity contribution in [2.45, 2.75) is 6.54 Å². The molecule has 1 fully saturated rings. The average molecular weight is 411 g/mol. The Hall–Kier alpha value is -3.73. The zero-order valence-electron chi connectivity index (χ0n) is 15.9. The minimum atomic E-state index is -0.493. The third kappa shape index (κ3) is 4.15. The molecule has 0 atom stereocenters. The van der Waals surface area contributed by atoms with Crippen LogP contribution < -0.4 is 0 Å². The van der Waals surface area contributed by atoms with Crippen LogP contribution in [0.5, 0.6) is 0 Å². The quantitative estimate of drug-likeness (QED) is 0.464. The maximum Gasteiger partial charge on any atom is 0.269 e. The predicted molar refractivity (Wildman–Crippen MR) is 103 cm³/mol. The van der Waals surface area contributed by atoms with Crippen LogP contribution >= 0.6 is 0 Å². The summed E-state index contributed by atoms with van der Waals surface area (Å²) in [6.07, 6.45) is 0. The van der Waals surface area contributed by atoms with Crippen molar-refractivity contribution in [3.05, 3.63) is 75.9 Å². The van der Waals surface area contributed by atoms with Gasteiger partial charge >= 0.3 is 0 Å². The van der Waals surface area contributed by atoms with Crippen LogP contribution in [-0.2, 0) is 6.54 Å². The van der Waals surface area contributed by atoms with Crippen LogP contribution in [0.15, 0.2) is 48.5 Å². The third-order valence-corrected chi connectivity index (χ3v) is 4.95. The van der Waals surface area contributed by atoms with Crippen LogP contribution in [0.3, 0.4) is 0 Å². The van der Waals surface area contributed by atoms with Crippen molar-refractivity contribution in [3.63, 3.8) is 0 Å². The van der Waals surface area contributed by atoms with E-state index in [9.17, 15) is 19.3 Å². The summed E-state index contributed by atoms with van der Waals surface area (Å²) in [6.45, 7) is 2.80. The van der Waals surface area contributed by atoms with Crippen LogP contribution in [0.25, 0.3) is 5.69 Å². The first kappa shape index (κ1) is 19.6. The molecule has 0 N–H and O–H groups in total. The molecule has 0 radical (unpaired) electrons. The Labute approximate surface area is 170 Å². The number of piperazine rings is 1. The highest BCUT2D eigenvalue weighted by Gasteiger charge is 2.24. The van der Waals surface area contributed by atoms with Crippen molar-refractivity contribution in [1.29, 1.82) is 0 Å². The van der Waals surface area contributed by atoms with Gasteiger partial charge in [0, 0.05) is 43.9 Å². The van der Waals surface area contributed by atoms with Gasteiger partial charge in [-0.05, 0) is 46.8 Å². The highest BCUT2D eigenvalue weighted by atomic mass is 19.1. The molecule has 0 spiro atoms. The molecule has 0 saturated carbocycles. The lowest BCUT2D eigenvalue weighted by molar-refractivity contribution is -0.384. The molecule has 2 heterocycles. The number of nitrogens with zero attached hydrogens (tertiary/aromatic N) is 7. The van der Waals surface area contributed by atoms with Gasteiger partial charge in [-0.25, -0.2) is 4.39 Å². The summed E-state index contributed by atoms with van der Waals surface area (Å²) in [6, 6.07) is 11.5. The number of hydrogen-bond donors (Lipinski definition) is 0. The molecule has 10 nitrogen and oxygen atoms in total. The van der Waals surface area contributed by atoms with E-state index < -0.39 is 4.92 Å². The fourth-order valence-electron chi connectivity index (χ4n) is 3.30. The third-order valence-electron chi connectivity index (χ3n) is 4.95. The van der Waals surface area contributed by atoms with E-state index in [4.69, 9.17) is 0 Å². The van der Waals surface area contributed by atoms with Gasteiger partial charge in [-0.3, -0.25) is 19.8 Å². The Bertz CT molecular complexity index is 1040. The van der Waals surface area contributed by atoms with Crippen LogP contribution in [0.4, 0.5) is 10.1 Å². The van der Waals surface area contributed by atoms with Gasteiger partial charge in [0.25, 0.3) is 11.6 Å². The molecule has 154 valence electrons. The Morgan fingerprint density at radius 3 is 2.33 bits per heavy atom. The second kappa shape index (κ2) is 8.33. The van der Waals surface area contributed by atoms with Crippen LogP contribution in [-0.4, -0.2) is 67.0 Å². The van der Waals surface area contributed by atoms with Crippen molar-refractivity contribution < 1.29 is 14.1 Å². The van der Waals surface area contributed by atoms with E-state index in [-0.39, 0.29) is 17.4 Å². The standard InChI is InChI=1S/C19H18FN7O3/c20-15-3-7-16(8-4-15)26-18(21-22-23-26)13-24-9-11-25(12-10-24)19(28)14-1-5-17(6-2-14)27(29)30/h1-8H,9-13H2. The summed E-state index contributed by atoms with van der Waals surface area (Å²) in [7, 11) is 0. The number of hydrogen-bond acceptors (Lipinski definition) is 7. The van der Waals surface area contributed by atoms with Gasteiger partial charge in [0.15, 0.2) is 5.82 Å². The molecule has 0 unspecified atom stereocenters. The van der Waals surface area contributed by atoms with Crippen LogP contribution in [0.1, 0.15) is 16.2 Å². The average Bonchev–Trinajstić information content (AvgIpc) is 3.22. The number of nitro benzene ring substituents is 1. The maximum absolute atomic E-state index is 13.2. The Balaban J connectivity index is 1.36. The molecular weight excluding hydrogens is 393 g/mol. The molecule has 0 aliphatic carbocycles. The van der Waals surface area contributed by atoms with E-state index in [1.807, 2.05) is 0 Å². The van der Waals surface area contributed by atoms with E-state index >= 15 is 0 Å². The van der Waals surface area contributed by atoms with Gasteiger partial charge in [-0.1, -0.05) is 0 Å². The molecule has 1 aliphatic rings. The molecule has 1 aliphatic heterocycles. The molecule has 2 aromatic carbocycles. The Morgan fingerprint density at radius 1 is 1.03 bits per heavy atom. The summed E-state index contributed by atoms with van der Waals surface area (Å²) < 4.78 is 14.7. The Morgan fingerprint density at radius 2 is 1.70 bits per heavy atom. The predicted octanol–water partition coefficient (Wildman–Crippen LogP) is 1.67. The number of carbonyl (C=O) groups is 1. The molecule has 30 heavy (non-hydrogen) atoms. The molecule has 1 aromatic heterocycles. The van der Waals surface area contributed by atoms with Gasteiger partial charge in [0.2, 0.25) is 0 Å². The lowest BCUT2D eigenvalue weighted by Gasteiger charge is -2.34. The highest BCUT2D eigenvalue weighted by molar-refractivity contribution is 5.94. The summed E-state index contributed by atoms with van der Waals surface area (Å²) in [5.74, 6) is 0.139. The first-order valence-corrected chi connectivity index (χ1v) is 9.30. The molecule has 4 rings (SSSR count). The number of carbonyl (C=O) groups excluding carboxylic acids is 1. The highest BCUT2D eigenvalue weighted by Crippen LogP contribution is 2.16. The number of nitro groups is 1. The minimum absolute atomic E-state index is 0.0461. The largest absolute Gasteiger partial charge is 0.336 e. The topological polar surface area (TPSA) is 110 Å². The summed E-state index contributed by atoms with van der Waals surface area (Å²) in [4.78, 5) is 26.8. The molecular formula is C19H18FN7O3. The second-order valence-corrected chi connectivity index (χ2v) is 6.86. The summed E-state index contributed by atoms with van der Waals surface area (Å²) >= 11 is 0. The van der Waals surface area contributed by atoms with E-state index in [0.29, 0.717) is 49.8 Å². The molecule has 1 amide bonds. The monoisotopic (exact) mass is 411 g/mol. The van der Waals surface area contributed by atoms with Crippen molar-refractivity contribution >= 4 is 11.6 Å². The zero-order chi connectivity index (χ0) is 21.1. The first-order chi connectivity index (χ1) is 14.5. The molecule has 0 bridgehead atoms. The van der Waals surface area contributed by atoms with Gasteiger partial charge in [-0.2, -0.15) is 4.68 Å². The molecule has 11 heteroatoms. The SMILES string of the molecule is O=C(c1ccc([N+](=O)[O-])cc1)N1CCN(Cc2nnnn2-c2ccc(F)cc2)CC1. The summed E-state index contributed by atoms with van der Waals surface area (Å²) in [5, 5.41) is 22.5. The number of amides is 1. The lowest BCUT2D eigenvalue weighted by atomic mass is 10.1. The van der Waals surface area contributed by atoms with E-state index in [0.717, 1.165) is 0 Å². The van der Waals surface area contributed by atoms with Gasteiger partial charge in [0.1, 0.15) is 5.82 Å². The van der Waals surface area contributed by atoms with Crippen molar-refractivity contribution in [1.82, 2.24) is 30.0 Å². The van der Waals surface area contributed by atoms with Crippen molar-refractivity contribution in [2.24, 2.45) is 0 Å². The number of halogens is 1. The minimum Gasteiger partial charge on any atom is -0.336 e. The fourth-order valence-corrected chi connectivity index (χ4v) is 3.30. The van der Waals surface area contributed by atoms with Crippen molar-refractivity contribution in [3.8, 4) is 5.69 Å². The maximum atomic E-state index is 13.2. The second-order valence-electron chi connectivity index (χ2n) is 6.86. The Kier molecular flexibility index (Phi) is 5.44. The molecule has 1 saturated heterocycles. The number of rotatable bonds is 5. The van der Waals surface area contributed by atoms with E-state index in [2.05, 4.69) is 20.4 Å². The van der Waals surface area contributed by atoms with Crippen molar-refractivity contribution in [2.75, 3.05) is 26.2 Å². The van der Waals surface area contributed by atoms with Crippen LogP contribution in [0.2, 0.25) is 0 Å². The summed E-state index contributed by atoms with van der Waals surface area (Å²) in [5.41, 5.74) is 1.05. The zero-order valence-corrected chi connectivity index (χ0v) is 15.9. The number of non-ortho nitro benzene ring substituents is 1. The van der Waals surface area contributed by atoms with Gasteiger partial charge in [-0.15, -0.1) is 5.10 Å². The number of aromatic nitrogens is 4.